The lowest BCUT2D eigenvalue weighted by Gasteiger charge is -2.26. The molecule has 1 aromatic rings. The van der Waals surface area contributed by atoms with Crippen LogP contribution in [0.5, 0.6) is 5.75 Å². The molecular formula is C20H27NO3. The molecule has 4 heteroatoms. The van der Waals surface area contributed by atoms with Gasteiger partial charge in [-0.05, 0) is 57.2 Å². The van der Waals surface area contributed by atoms with Crippen molar-refractivity contribution in [2.75, 3.05) is 13.7 Å². The highest BCUT2D eigenvalue weighted by Crippen LogP contribution is 2.28. The minimum Gasteiger partial charge on any atom is -0.492 e. The van der Waals surface area contributed by atoms with Crippen molar-refractivity contribution in [3.05, 3.63) is 29.3 Å². The van der Waals surface area contributed by atoms with Crippen molar-refractivity contribution in [2.45, 2.75) is 52.2 Å². The summed E-state index contributed by atoms with van der Waals surface area (Å²) in [6.45, 7) is 6.72. The number of ether oxygens (including phenoxy) is 2. The number of benzene rings is 1. The van der Waals surface area contributed by atoms with Gasteiger partial charge >= 0.3 is 6.09 Å². The Bertz CT molecular complexity index is 621. The van der Waals surface area contributed by atoms with E-state index in [-0.39, 0.29) is 6.09 Å². The van der Waals surface area contributed by atoms with Crippen LogP contribution in [0.3, 0.4) is 0 Å². The van der Waals surface area contributed by atoms with Crippen LogP contribution in [0.1, 0.15) is 51.2 Å². The molecule has 1 amide bonds. The molecule has 1 saturated carbocycles. The van der Waals surface area contributed by atoms with Crippen molar-refractivity contribution in [1.29, 1.82) is 0 Å². The first kappa shape index (κ1) is 18.2. The topological polar surface area (TPSA) is 38.8 Å². The second-order valence-electron chi connectivity index (χ2n) is 7.42. The Morgan fingerprint density at radius 1 is 1.38 bits per heavy atom. The zero-order valence-corrected chi connectivity index (χ0v) is 15.1. The largest absolute Gasteiger partial charge is 0.492 e. The summed E-state index contributed by atoms with van der Waals surface area (Å²) in [6.07, 6.45) is 9.04. The van der Waals surface area contributed by atoms with Gasteiger partial charge in [0.2, 0.25) is 0 Å². The first-order valence-corrected chi connectivity index (χ1v) is 8.45. The third-order valence-electron chi connectivity index (χ3n) is 4.02. The molecule has 1 aromatic carbocycles. The van der Waals surface area contributed by atoms with Gasteiger partial charge in [0.05, 0.1) is 12.2 Å². The molecule has 0 bridgehead atoms. The Balaban J connectivity index is 1.98. The van der Waals surface area contributed by atoms with Crippen molar-refractivity contribution >= 4 is 6.09 Å². The zero-order chi connectivity index (χ0) is 17.7. The van der Waals surface area contributed by atoms with Gasteiger partial charge in [-0.2, -0.15) is 0 Å². The molecule has 130 valence electrons. The van der Waals surface area contributed by atoms with Crippen molar-refractivity contribution in [3.8, 4) is 18.1 Å². The molecule has 0 N–H and O–H groups in total. The molecule has 1 fully saturated rings. The minimum atomic E-state index is -0.505. The van der Waals surface area contributed by atoms with Crippen LogP contribution in [-0.2, 0) is 11.3 Å². The Kier molecular flexibility index (Phi) is 5.77. The maximum Gasteiger partial charge on any atom is 0.410 e. The van der Waals surface area contributed by atoms with Crippen LogP contribution in [0, 0.1) is 18.3 Å². The maximum absolute atomic E-state index is 12.0. The molecule has 0 aliphatic heterocycles. The van der Waals surface area contributed by atoms with Crippen LogP contribution in [-0.4, -0.2) is 30.2 Å². The van der Waals surface area contributed by atoms with Crippen molar-refractivity contribution in [3.63, 3.8) is 0 Å². The van der Waals surface area contributed by atoms with Crippen molar-refractivity contribution < 1.29 is 14.3 Å². The van der Waals surface area contributed by atoms with Crippen LogP contribution >= 0.6 is 0 Å². The highest BCUT2D eigenvalue weighted by Gasteiger charge is 2.20. The number of hydrogen-bond acceptors (Lipinski definition) is 3. The van der Waals surface area contributed by atoms with Crippen LogP contribution in [0.15, 0.2) is 18.2 Å². The average molecular weight is 329 g/mol. The van der Waals surface area contributed by atoms with E-state index in [0.717, 1.165) is 23.5 Å². The van der Waals surface area contributed by atoms with Crippen LogP contribution in [0.2, 0.25) is 0 Å². The summed E-state index contributed by atoms with van der Waals surface area (Å²) >= 11 is 0. The predicted octanol–water partition coefficient (Wildman–Crippen LogP) is 4.21. The number of hydrogen-bond donors (Lipinski definition) is 0. The van der Waals surface area contributed by atoms with Crippen LogP contribution in [0.25, 0.3) is 0 Å². The fraction of sp³-hybridized carbons (Fsp3) is 0.550. The van der Waals surface area contributed by atoms with E-state index in [9.17, 15) is 4.79 Å². The maximum atomic E-state index is 12.0. The van der Waals surface area contributed by atoms with Gasteiger partial charge in [-0.3, -0.25) is 0 Å². The predicted molar refractivity (Wildman–Crippen MR) is 94.9 cm³/mol. The van der Waals surface area contributed by atoms with Gasteiger partial charge in [0.1, 0.15) is 11.4 Å². The normalized spacial score (nSPS) is 14.5. The van der Waals surface area contributed by atoms with E-state index in [2.05, 4.69) is 5.92 Å². The lowest BCUT2D eigenvalue weighted by atomic mass is 9.86. The van der Waals surface area contributed by atoms with Crippen LogP contribution < -0.4 is 4.74 Å². The molecule has 2 rings (SSSR count). The molecule has 0 atom stereocenters. The number of amides is 1. The summed E-state index contributed by atoms with van der Waals surface area (Å²) < 4.78 is 11.2. The van der Waals surface area contributed by atoms with Crippen LogP contribution in [0.4, 0.5) is 4.79 Å². The summed E-state index contributed by atoms with van der Waals surface area (Å²) in [5.74, 6) is 4.08. The molecule has 0 aromatic heterocycles. The molecule has 0 unspecified atom stereocenters. The second-order valence-corrected chi connectivity index (χ2v) is 7.42. The van der Waals surface area contributed by atoms with E-state index < -0.39 is 5.60 Å². The molecular weight excluding hydrogens is 302 g/mol. The van der Waals surface area contributed by atoms with Gasteiger partial charge in [-0.1, -0.05) is 18.4 Å². The lowest BCUT2D eigenvalue weighted by Crippen LogP contribution is -2.33. The Morgan fingerprint density at radius 2 is 2.08 bits per heavy atom. The fourth-order valence-corrected chi connectivity index (χ4v) is 2.46. The minimum absolute atomic E-state index is 0.352. The zero-order valence-electron chi connectivity index (χ0n) is 15.1. The van der Waals surface area contributed by atoms with Gasteiger partial charge in [-0.15, -0.1) is 6.42 Å². The van der Waals surface area contributed by atoms with E-state index in [4.69, 9.17) is 15.9 Å². The van der Waals surface area contributed by atoms with Crippen molar-refractivity contribution in [1.82, 2.24) is 4.90 Å². The van der Waals surface area contributed by atoms with Gasteiger partial charge in [0, 0.05) is 13.6 Å². The molecule has 1 aliphatic carbocycles. The Hall–Kier alpha value is -2.15. The second kappa shape index (κ2) is 7.61. The first-order valence-electron chi connectivity index (χ1n) is 8.45. The fourth-order valence-electron chi connectivity index (χ4n) is 2.46. The van der Waals surface area contributed by atoms with Gasteiger partial charge < -0.3 is 14.4 Å². The average Bonchev–Trinajstić information content (AvgIpc) is 2.44. The summed E-state index contributed by atoms with van der Waals surface area (Å²) in [6, 6.07) is 5.74. The molecule has 0 heterocycles. The molecule has 4 nitrogen and oxygen atoms in total. The number of terminal acetylenes is 1. The highest BCUT2D eigenvalue weighted by atomic mass is 16.6. The summed E-state index contributed by atoms with van der Waals surface area (Å²) in [4.78, 5) is 13.6. The molecule has 24 heavy (non-hydrogen) atoms. The standard InChI is InChI=1S/C20H27NO3/c1-6-17-12-16(13-21(5)19(22)24-20(2,3)4)10-11-18(17)23-14-15-8-7-9-15/h1,10-12,15H,7-9,13-14H2,2-5H3. The van der Waals surface area contributed by atoms with E-state index in [1.165, 1.54) is 24.2 Å². The molecule has 0 radical (unpaired) electrons. The molecule has 1 aliphatic rings. The number of nitrogens with zero attached hydrogens (tertiary/aromatic N) is 1. The highest BCUT2D eigenvalue weighted by molar-refractivity contribution is 5.67. The SMILES string of the molecule is C#Cc1cc(CN(C)C(=O)OC(C)(C)C)ccc1OCC1CCC1. The van der Waals surface area contributed by atoms with Gasteiger partial charge in [-0.25, -0.2) is 4.79 Å². The Labute approximate surface area is 145 Å². The van der Waals surface area contributed by atoms with E-state index in [0.29, 0.717) is 12.5 Å². The van der Waals surface area contributed by atoms with E-state index >= 15 is 0 Å². The number of rotatable bonds is 5. The van der Waals surface area contributed by atoms with Crippen molar-refractivity contribution in [2.24, 2.45) is 5.92 Å². The number of carbonyl (C=O) groups is 1. The first-order chi connectivity index (χ1) is 11.3. The van der Waals surface area contributed by atoms with Gasteiger partial charge in [0.25, 0.3) is 0 Å². The monoisotopic (exact) mass is 329 g/mol. The summed E-state index contributed by atoms with van der Waals surface area (Å²) in [5.41, 5.74) is 1.17. The summed E-state index contributed by atoms with van der Waals surface area (Å²) in [7, 11) is 1.71. The van der Waals surface area contributed by atoms with E-state index in [1.807, 2.05) is 39.0 Å². The third-order valence-corrected chi connectivity index (χ3v) is 4.02. The van der Waals surface area contributed by atoms with E-state index in [1.54, 1.807) is 7.05 Å². The molecule has 0 spiro atoms. The Morgan fingerprint density at radius 3 is 2.62 bits per heavy atom. The number of carbonyl (C=O) groups excluding carboxylic acids is 1. The van der Waals surface area contributed by atoms with Gasteiger partial charge in [0.15, 0.2) is 0 Å². The third kappa shape index (κ3) is 5.19. The summed E-state index contributed by atoms with van der Waals surface area (Å²) in [5, 5.41) is 0. The quantitative estimate of drug-likeness (QED) is 0.760. The lowest BCUT2D eigenvalue weighted by molar-refractivity contribution is 0.0285. The smallest absolute Gasteiger partial charge is 0.410 e. The molecule has 0 saturated heterocycles.